The third-order valence-corrected chi connectivity index (χ3v) is 3.56. The molecule has 1 N–H and O–H groups in total. The molecular weight excluding hydrogens is 256 g/mol. The molecule has 0 aromatic carbocycles. The zero-order valence-electron chi connectivity index (χ0n) is 11.9. The number of aliphatic hydroxyl groups is 1. The van der Waals surface area contributed by atoms with Crippen LogP contribution in [0.2, 0.25) is 0 Å². The number of aliphatic hydroxyl groups excluding tert-OH is 1. The van der Waals surface area contributed by atoms with Gasteiger partial charge in [0.1, 0.15) is 33.3 Å². The highest BCUT2D eigenvalue weighted by Crippen LogP contribution is 2.38. The summed E-state index contributed by atoms with van der Waals surface area (Å²) in [6, 6.07) is -0.636. The maximum absolute atomic E-state index is 8.86. The van der Waals surface area contributed by atoms with Crippen LogP contribution in [0.15, 0.2) is 17.5 Å². The quantitative estimate of drug-likeness (QED) is 0.360. The molecule has 2 fully saturated rings. The smallest absolute Gasteiger partial charge is 0.148 e. The molecule has 2 aliphatic heterocycles. The van der Waals surface area contributed by atoms with Crippen LogP contribution in [0.3, 0.4) is 0 Å². The molecular formula is C12H19B2N3O3. The van der Waals surface area contributed by atoms with Crippen LogP contribution in [0, 0.1) is 5.92 Å². The first-order valence-corrected chi connectivity index (χ1v) is 6.63. The fourth-order valence-corrected chi connectivity index (χ4v) is 2.33. The number of nitrogens with zero attached hydrogens (tertiary/aromatic N) is 3. The van der Waals surface area contributed by atoms with Crippen molar-refractivity contribution in [1.29, 1.82) is 0 Å². The summed E-state index contributed by atoms with van der Waals surface area (Å²) in [6.07, 6.45) is 1.35. The number of hydrogen-bond acceptors (Lipinski definition) is 4. The molecule has 0 amide bonds. The molecule has 2 aliphatic rings. The Balaban J connectivity index is 0.000000217. The Kier molecular flexibility index (Phi) is 5.99. The standard InChI is InChI=1S/C7H12BN3O.C5H7BO2/c1-3-7(10-11-9)5(2)4-6(8)12-7;1-3-4(7)2-5(6)8-3/h5-6H,3-4H2,1-2H3;4-5,7H,1-2H2/t5-,6+,7+;4-,5+/m00/s1. The number of ether oxygens (including phenoxy) is 2. The Labute approximate surface area is 122 Å². The first-order valence-electron chi connectivity index (χ1n) is 6.63. The summed E-state index contributed by atoms with van der Waals surface area (Å²) in [5, 5.41) is 12.5. The van der Waals surface area contributed by atoms with Crippen molar-refractivity contribution in [1.82, 2.24) is 0 Å². The molecule has 2 rings (SSSR count). The van der Waals surface area contributed by atoms with Crippen LogP contribution in [-0.2, 0) is 9.47 Å². The third-order valence-electron chi connectivity index (χ3n) is 3.56. The summed E-state index contributed by atoms with van der Waals surface area (Å²) < 4.78 is 10.2. The first-order chi connectivity index (χ1) is 9.34. The summed E-state index contributed by atoms with van der Waals surface area (Å²) in [5.74, 6) is 0.589. The van der Waals surface area contributed by atoms with Crippen molar-refractivity contribution < 1.29 is 14.6 Å². The highest BCUT2D eigenvalue weighted by Gasteiger charge is 2.42. The lowest BCUT2D eigenvalue weighted by Crippen LogP contribution is -2.30. The lowest BCUT2D eigenvalue weighted by molar-refractivity contribution is -0.0284. The third kappa shape index (κ3) is 3.95. The van der Waals surface area contributed by atoms with Gasteiger partial charge in [0.15, 0.2) is 0 Å². The van der Waals surface area contributed by atoms with Gasteiger partial charge in [0, 0.05) is 17.3 Å². The normalized spacial score (nSPS) is 39.5. The molecule has 0 bridgehead atoms. The molecule has 8 heteroatoms. The second-order valence-corrected chi connectivity index (χ2v) is 5.05. The van der Waals surface area contributed by atoms with Crippen molar-refractivity contribution in [3.63, 3.8) is 0 Å². The topological polar surface area (TPSA) is 87.5 Å². The maximum atomic E-state index is 8.86. The van der Waals surface area contributed by atoms with Gasteiger partial charge in [-0.25, -0.2) is 0 Å². The number of rotatable bonds is 2. The SMILES string of the molecule is [B][C@H]1C[C@H](C)[C@](CC)(N=[N+]=[N-])O1.[B][C@H]1C[C@H](O)C(=C)O1. The molecule has 0 aromatic rings. The van der Waals surface area contributed by atoms with E-state index in [9.17, 15) is 0 Å². The largest absolute Gasteiger partial charge is 0.503 e. The number of hydrogen-bond donors (Lipinski definition) is 1. The van der Waals surface area contributed by atoms with E-state index in [2.05, 4.69) is 16.6 Å². The minimum absolute atomic E-state index is 0.202. The first kappa shape index (κ1) is 17.0. The van der Waals surface area contributed by atoms with Crippen LogP contribution in [0.25, 0.3) is 10.4 Å². The molecule has 0 aliphatic carbocycles. The summed E-state index contributed by atoms with van der Waals surface area (Å²) in [7, 11) is 10.9. The van der Waals surface area contributed by atoms with Crippen molar-refractivity contribution in [2.75, 3.05) is 0 Å². The van der Waals surface area contributed by atoms with Gasteiger partial charge in [-0.2, -0.15) is 0 Å². The van der Waals surface area contributed by atoms with Gasteiger partial charge in [-0.15, -0.1) is 0 Å². The van der Waals surface area contributed by atoms with E-state index < -0.39 is 11.8 Å². The van der Waals surface area contributed by atoms with Gasteiger partial charge in [-0.1, -0.05) is 25.5 Å². The Hall–Kier alpha value is -1.10. The maximum Gasteiger partial charge on any atom is 0.148 e. The van der Waals surface area contributed by atoms with Gasteiger partial charge in [0.05, 0.1) is 6.00 Å². The molecule has 0 unspecified atom stereocenters. The van der Waals surface area contributed by atoms with E-state index >= 15 is 0 Å². The second-order valence-electron chi connectivity index (χ2n) is 5.05. The Morgan fingerprint density at radius 3 is 2.40 bits per heavy atom. The molecule has 0 saturated carbocycles. The predicted octanol–water partition coefficient (Wildman–Crippen LogP) is 1.73. The molecule has 20 heavy (non-hydrogen) atoms. The average Bonchev–Trinajstić information content (AvgIpc) is 2.81. The van der Waals surface area contributed by atoms with Gasteiger partial charge < -0.3 is 14.6 Å². The fraction of sp³-hybridized carbons (Fsp3) is 0.833. The van der Waals surface area contributed by atoms with E-state index in [4.69, 9.17) is 35.8 Å². The molecule has 5 atom stereocenters. The van der Waals surface area contributed by atoms with E-state index in [1.54, 1.807) is 0 Å². The average molecular weight is 275 g/mol. The zero-order chi connectivity index (χ0) is 15.3. The molecule has 6 nitrogen and oxygen atoms in total. The summed E-state index contributed by atoms with van der Waals surface area (Å²) in [5.41, 5.74) is 7.66. The number of azide groups is 1. The highest BCUT2D eigenvalue weighted by atomic mass is 16.5. The zero-order valence-corrected chi connectivity index (χ0v) is 11.9. The Morgan fingerprint density at radius 1 is 1.50 bits per heavy atom. The van der Waals surface area contributed by atoms with Crippen LogP contribution < -0.4 is 0 Å². The van der Waals surface area contributed by atoms with Gasteiger partial charge in [-0.05, 0) is 24.3 Å². The van der Waals surface area contributed by atoms with E-state index in [1.807, 2.05) is 13.8 Å². The van der Waals surface area contributed by atoms with Crippen LogP contribution in [0.1, 0.15) is 33.1 Å². The summed E-state index contributed by atoms with van der Waals surface area (Å²) in [4.78, 5) is 2.79. The Bertz CT molecular complexity index is 403. The monoisotopic (exact) mass is 275 g/mol. The van der Waals surface area contributed by atoms with E-state index in [0.29, 0.717) is 18.6 Å². The van der Waals surface area contributed by atoms with Crippen molar-refractivity contribution in [3.8, 4) is 0 Å². The van der Waals surface area contributed by atoms with Gasteiger partial charge >= 0.3 is 0 Å². The molecule has 0 spiro atoms. The van der Waals surface area contributed by atoms with Crippen molar-refractivity contribution in [2.24, 2.45) is 11.0 Å². The van der Waals surface area contributed by atoms with E-state index in [0.717, 1.165) is 6.42 Å². The van der Waals surface area contributed by atoms with Crippen LogP contribution in [0.4, 0.5) is 0 Å². The molecule has 4 radical (unpaired) electrons. The summed E-state index contributed by atoms with van der Waals surface area (Å²) in [6.45, 7) is 7.36. The van der Waals surface area contributed by atoms with Crippen LogP contribution >= 0.6 is 0 Å². The van der Waals surface area contributed by atoms with Gasteiger partial charge in [0.2, 0.25) is 0 Å². The van der Waals surface area contributed by atoms with Crippen LogP contribution in [0.5, 0.6) is 0 Å². The van der Waals surface area contributed by atoms with Crippen molar-refractivity contribution in [3.05, 3.63) is 22.8 Å². The molecule has 0 aromatic heterocycles. The molecule has 2 saturated heterocycles. The lowest BCUT2D eigenvalue weighted by atomic mass is 9.89. The van der Waals surface area contributed by atoms with Gasteiger partial charge in [0.25, 0.3) is 0 Å². The van der Waals surface area contributed by atoms with Gasteiger partial charge in [-0.3, -0.25) is 0 Å². The Morgan fingerprint density at radius 2 is 2.15 bits per heavy atom. The molecule has 106 valence electrons. The van der Waals surface area contributed by atoms with Crippen molar-refractivity contribution >= 4 is 15.7 Å². The minimum Gasteiger partial charge on any atom is -0.503 e. The highest BCUT2D eigenvalue weighted by molar-refractivity contribution is 6.11. The van der Waals surface area contributed by atoms with E-state index in [1.165, 1.54) is 0 Å². The minimum atomic E-state index is -0.700. The van der Waals surface area contributed by atoms with Crippen molar-refractivity contribution in [2.45, 2.75) is 56.9 Å². The van der Waals surface area contributed by atoms with E-state index in [-0.39, 0.29) is 17.9 Å². The molecule has 2 heterocycles. The second kappa shape index (κ2) is 7.07. The summed E-state index contributed by atoms with van der Waals surface area (Å²) >= 11 is 0. The van der Waals surface area contributed by atoms with Crippen LogP contribution in [-0.4, -0.2) is 44.6 Å². The lowest BCUT2D eigenvalue weighted by Gasteiger charge is -2.25. The fourth-order valence-electron chi connectivity index (χ4n) is 2.33. The predicted molar refractivity (Wildman–Crippen MR) is 77.0 cm³/mol.